The number of hydrogen-bond donors (Lipinski definition) is 0. The summed E-state index contributed by atoms with van der Waals surface area (Å²) in [6, 6.07) is 14.5. The van der Waals surface area contributed by atoms with Gasteiger partial charge in [0.15, 0.2) is 0 Å². The number of hydrogen-bond acceptors (Lipinski definition) is 6. The van der Waals surface area contributed by atoms with Gasteiger partial charge in [-0.25, -0.2) is 9.59 Å². The van der Waals surface area contributed by atoms with Crippen molar-refractivity contribution in [2.24, 2.45) is 5.92 Å². The Labute approximate surface area is 183 Å². The maximum Gasteiger partial charge on any atom is 0.344 e. The Morgan fingerprint density at radius 1 is 0.938 bits per heavy atom. The zero-order valence-electron chi connectivity index (χ0n) is 17.1. The van der Waals surface area contributed by atoms with Crippen LogP contribution in [-0.2, 0) is 9.53 Å². The van der Waals surface area contributed by atoms with Crippen molar-refractivity contribution in [1.82, 2.24) is 0 Å². The van der Waals surface area contributed by atoms with Gasteiger partial charge in [0.2, 0.25) is 0 Å². The van der Waals surface area contributed by atoms with Gasteiger partial charge in [-0.15, -0.1) is 0 Å². The van der Waals surface area contributed by atoms with E-state index in [-0.39, 0.29) is 5.92 Å². The van der Waals surface area contributed by atoms with Crippen LogP contribution in [0.2, 0.25) is 0 Å². The van der Waals surface area contributed by atoms with Gasteiger partial charge in [0.25, 0.3) is 0 Å². The molecular formula is C26H18O6. The number of ether oxygens (including phenoxy) is 3. The summed E-state index contributed by atoms with van der Waals surface area (Å²) in [5, 5.41) is 0.679. The number of esters is 1. The van der Waals surface area contributed by atoms with E-state index in [0.29, 0.717) is 39.4 Å². The second kappa shape index (κ2) is 6.99. The topological polar surface area (TPSA) is 75.0 Å². The number of benzene rings is 2. The highest BCUT2D eigenvalue weighted by Gasteiger charge is 2.47. The van der Waals surface area contributed by atoms with Gasteiger partial charge in [-0.05, 0) is 35.9 Å². The zero-order valence-corrected chi connectivity index (χ0v) is 17.1. The van der Waals surface area contributed by atoms with Crippen LogP contribution >= 0.6 is 0 Å². The van der Waals surface area contributed by atoms with Crippen molar-refractivity contribution in [3.8, 4) is 11.5 Å². The molecule has 6 rings (SSSR count). The Morgan fingerprint density at radius 2 is 1.72 bits per heavy atom. The van der Waals surface area contributed by atoms with Crippen molar-refractivity contribution in [2.45, 2.75) is 12.0 Å². The third-order valence-corrected chi connectivity index (χ3v) is 6.15. The Bertz CT molecular complexity index is 1410. The van der Waals surface area contributed by atoms with E-state index in [9.17, 15) is 9.59 Å². The molecule has 3 aromatic rings. The molecule has 1 aliphatic carbocycles. The maximum absolute atomic E-state index is 13.2. The standard InChI is InChI=1S/C26H18O6/c1-29-15-12-10-14(11-13-15)20-21-23(16-6-2-4-8-18(16)30-25(21)27)32-24-17-7-3-5-9-19(17)31-26(28)22(20)24/h2-13,16,18,20H,1H3/t16-,18-,20-/m0/s1. The molecule has 6 heteroatoms. The number of methoxy groups -OCH3 is 1. The summed E-state index contributed by atoms with van der Waals surface area (Å²) in [6.07, 6.45) is 7.10. The van der Waals surface area contributed by atoms with E-state index < -0.39 is 23.6 Å². The molecule has 6 nitrogen and oxygen atoms in total. The first-order chi connectivity index (χ1) is 15.7. The number of carbonyl (C=O) groups excluding carboxylic acids is 1. The molecule has 2 aliphatic heterocycles. The molecule has 3 atom stereocenters. The quantitative estimate of drug-likeness (QED) is 0.451. The summed E-state index contributed by atoms with van der Waals surface area (Å²) in [4.78, 5) is 26.4. The minimum atomic E-state index is -0.687. The minimum Gasteiger partial charge on any atom is -0.497 e. The summed E-state index contributed by atoms with van der Waals surface area (Å²) in [7, 11) is 1.59. The Morgan fingerprint density at radius 3 is 2.53 bits per heavy atom. The van der Waals surface area contributed by atoms with Crippen molar-refractivity contribution in [3.63, 3.8) is 0 Å². The lowest BCUT2D eigenvalue weighted by molar-refractivity contribution is -0.146. The van der Waals surface area contributed by atoms with Crippen molar-refractivity contribution >= 4 is 16.9 Å². The number of para-hydroxylation sites is 1. The molecule has 3 aliphatic rings. The second-order valence-electron chi connectivity index (χ2n) is 7.88. The summed E-state index contributed by atoms with van der Waals surface area (Å²) in [5.41, 5.74) is 1.25. The predicted molar refractivity (Wildman–Crippen MR) is 117 cm³/mol. The molecule has 3 heterocycles. The van der Waals surface area contributed by atoms with Crippen molar-refractivity contribution < 1.29 is 23.4 Å². The van der Waals surface area contributed by atoms with Crippen LogP contribution in [0.25, 0.3) is 11.0 Å². The van der Waals surface area contributed by atoms with E-state index >= 15 is 0 Å². The Balaban J connectivity index is 1.66. The number of fused-ring (bicyclic) bond motifs is 5. The van der Waals surface area contributed by atoms with Crippen LogP contribution in [0, 0.1) is 5.92 Å². The first-order valence-corrected chi connectivity index (χ1v) is 10.3. The summed E-state index contributed by atoms with van der Waals surface area (Å²) < 4.78 is 23.0. The highest BCUT2D eigenvalue weighted by atomic mass is 16.6. The molecule has 0 fully saturated rings. The average Bonchev–Trinajstić information content (AvgIpc) is 2.83. The highest BCUT2D eigenvalue weighted by molar-refractivity contribution is 5.96. The van der Waals surface area contributed by atoms with Gasteiger partial charge in [-0.1, -0.05) is 42.5 Å². The molecule has 1 aromatic heterocycles. The fourth-order valence-corrected chi connectivity index (χ4v) is 4.67. The molecule has 0 spiro atoms. The number of rotatable bonds is 2. The predicted octanol–water partition coefficient (Wildman–Crippen LogP) is 4.25. The average molecular weight is 426 g/mol. The molecule has 32 heavy (non-hydrogen) atoms. The molecule has 0 bridgehead atoms. The lowest BCUT2D eigenvalue weighted by Crippen LogP contribution is -2.40. The number of allylic oxidation sites excluding steroid dienone is 2. The van der Waals surface area contributed by atoms with E-state index in [1.165, 1.54) is 0 Å². The van der Waals surface area contributed by atoms with Crippen molar-refractivity contribution in [2.75, 3.05) is 7.11 Å². The van der Waals surface area contributed by atoms with Crippen LogP contribution in [0.1, 0.15) is 17.0 Å². The molecule has 2 aromatic carbocycles. The molecular weight excluding hydrogens is 408 g/mol. The van der Waals surface area contributed by atoms with E-state index in [1.807, 2.05) is 48.6 Å². The minimum absolute atomic E-state index is 0.271. The van der Waals surface area contributed by atoms with Gasteiger partial charge >= 0.3 is 11.6 Å². The first-order valence-electron chi connectivity index (χ1n) is 10.3. The normalized spacial score (nSPS) is 23.2. The third kappa shape index (κ3) is 2.66. The Hall–Kier alpha value is -4.06. The van der Waals surface area contributed by atoms with Gasteiger partial charge in [0.1, 0.15) is 28.9 Å². The van der Waals surface area contributed by atoms with Gasteiger partial charge < -0.3 is 18.6 Å². The summed E-state index contributed by atoms with van der Waals surface area (Å²) >= 11 is 0. The van der Waals surface area contributed by atoms with E-state index in [2.05, 4.69) is 0 Å². The maximum atomic E-state index is 13.2. The second-order valence-corrected chi connectivity index (χ2v) is 7.88. The van der Waals surface area contributed by atoms with Crippen LogP contribution in [-0.4, -0.2) is 19.2 Å². The van der Waals surface area contributed by atoms with E-state index in [4.69, 9.17) is 18.6 Å². The fraction of sp³-hybridized carbons (Fsp3) is 0.154. The molecule has 0 unspecified atom stereocenters. The van der Waals surface area contributed by atoms with Gasteiger partial charge in [-0.3, -0.25) is 0 Å². The molecule has 0 saturated carbocycles. The van der Waals surface area contributed by atoms with Gasteiger partial charge in [-0.2, -0.15) is 0 Å². The molecule has 0 radical (unpaired) electrons. The SMILES string of the molecule is COc1ccc([C@H]2C3=C(Oc4c2c(=O)oc2ccccc42)[C@H]2C=CC=C[C@@H]2OC3=O)cc1. The molecule has 0 N–H and O–H groups in total. The van der Waals surface area contributed by atoms with Crippen LogP contribution in [0.5, 0.6) is 11.5 Å². The van der Waals surface area contributed by atoms with Gasteiger partial charge in [0, 0.05) is 0 Å². The monoisotopic (exact) mass is 426 g/mol. The summed E-state index contributed by atoms with van der Waals surface area (Å²) in [5.74, 6) is 0.150. The van der Waals surface area contributed by atoms with Crippen molar-refractivity contribution in [3.05, 3.63) is 106 Å². The summed E-state index contributed by atoms with van der Waals surface area (Å²) in [6.45, 7) is 0. The van der Waals surface area contributed by atoms with Crippen LogP contribution in [0.3, 0.4) is 0 Å². The fourth-order valence-electron chi connectivity index (χ4n) is 4.67. The first kappa shape index (κ1) is 18.7. The largest absolute Gasteiger partial charge is 0.497 e. The van der Waals surface area contributed by atoms with E-state index in [0.717, 1.165) is 5.56 Å². The van der Waals surface area contributed by atoms with E-state index in [1.54, 1.807) is 31.4 Å². The lowest BCUT2D eigenvalue weighted by Gasteiger charge is -2.38. The molecule has 0 saturated heterocycles. The Kier molecular flexibility index (Phi) is 4.08. The lowest BCUT2D eigenvalue weighted by atomic mass is 9.78. The van der Waals surface area contributed by atoms with Gasteiger partial charge in [0.05, 0.1) is 35.5 Å². The highest BCUT2D eigenvalue weighted by Crippen LogP contribution is 2.49. The zero-order chi connectivity index (χ0) is 21.8. The molecule has 158 valence electrons. The van der Waals surface area contributed by atoms with Crippen LogP contribution < -0.4 is 15.1 Å². The van der Waals surface area contributed by atoms with Crippen molar-refractivity contribution in [1.29, 1.82) is 0 Å². The number of carbonyl (C=O) groups is 1. The third-order valence-electron chi connectivity index (χ3n) is 6.15. The van der Waals surface area contributed by atoms with Crippen LogP contribution in [0.4, 0.5) is 0 Å². The molecule has 0 amide bonds. The smallest absolute Gasteiger partial charge is 0.344 e. The van der Waals surface area contributed by atoms with Crippen LogP contribution in [0.15, 0.2) is 93.4 Å².